The maximum absolute atomic E-state index is 12.8. The fourth-order valence-corrected chi connectivity index (χ4v) is 4.26. The van der Waals surface area contributed by atoms with Crippen LogP contribution in [0.25, 0.3) is 0 Å². The molecule has 7 nitrogen and oxygen atoms in total. The molecule has 0 spiro atoms. The van der Waals surface area contributed by atoms with E-state index in [1.54, 1.807) is 28.0 Å². The first-order valence-corrected chi connectivity index (χ1v) is 10.8. The van der Waals surface area contributed by atoms with Crippen molar-refractivity contribution in [3.8, 4) is 5.75 Å². The van der Waals surface area contributed by atoms with Gasteiger partial charge in [0.2, 0.25) is 17.7 Å². The summed E-state index contributed by atoms with van der Waals surface area (Å²) in [6.45, 7) is 3.44. The number of carbonyl (C=O) groups excluding carboxylic acids is 3. The molecular formula is C23H24ClN3O4. The van der Waals surface area contributed by atoms with Crippen LogP contribution in [-0.4, -0.2) is 37.4 Å². The number of ether oxygens (including phenoxy) is 1. The molecule has 2 aliphatic heterocycles. The van der Waals surface area contributed by atoms with Gasteiger partial charge in [-0.15, -0.1) is 0 Å². The minimum absolute atomic E-state index is 0.0533. The molecule has 3 amide bonds. The van der Waals surface area contributed by atoms with E-state index >= 15 is 0 Å². The Morgan fingerprint density at radius 1 is 1.13 bits per heavy atom. The number of benzene rings is 2. The second-order valence-electron chi connectivity index (χ2n) is 7.64. The molecule has 1 atom stereocenters. The first kappa shape index (κ1) is 21.2. The van der Waals surface area contributed by atoms with Crippen LogP contribution in [0.15, 0.2) is 42.5 Å². The SMILES string of the molecule is CCOc1ccc(N2C[C@H](C(=O)Nc3ccc(N4CCCC4=O)c(Cl)c3)CC2=O)cc1. The molecule has 2 saturated heterocycles. The van der Waals surface area contributed by atoms with Crippen molar-refractivity contribution in [1.29, 1.82) is 0 Å². The fourth-order valence-electron chi connectivity index (χ4n) is 3.97. The van der Waals surface area contributed by atoms with Crippen LogP contribution in [0.5, 0.6) is 5.75 Å². The summed E-state index contributed by atoms with van der Waals surface area (Å²) < 4.78 is 5.43. The van der Waals surface area contributed by atoms with Gasteiger partial charge < -0.3 is 19.9 Å². The van der Waals surface area contributed by atoms with Gasteiger partial charge in [0, 0.05) is 37.3 Å². The van der Waals surface area contributed by atoms with Crippen molar-refractivity contribution in [3.63, 3.8) is 0 Å². The van der Waals surface area contributed by atoms with Gasteiger partial charge in [-0.05, 0) is 55.8 Å². The Morgan fingerprint density at radius 3 is 2.55 bits per heavy atom. The molecule has 0 radical (unpaired) electrons. The zero-order valence-electron chi connectivity index (χ0n) is 17.3. The smallest absolute Gasteiger partial charge is 0.229 e. The highest BCUT2D eigenvalue weighted by molar-refractivity contribution is 6.34. The first-order valence-electron chi connectivity index (χ1n) is 10.4. The van der Waals surface area contributed by atoms with Gasteiger partial charge in [0.05, 0.1) is 23.2 Å². The van der Waals surface area contributed by atoms with Gasteiger partial charge in [-0.25, -0.2) is 0 Å². The molecule has 0 aliphatic carbocycles. The number of halogens is 1. The van der Waals surface area contributed by atoms with Crippen molar-refractivity contribution in [3.05, 3.63) is 47.5 Å². The topological polar surface area (TPSA) is 79.0 Å². The Morgan fingerprint density at radius 2 is 1.90 bits per heavy atom. The minimum atomic E-state index is -0.460. The molecule has 0 unspecified atom stereocenters. The minimum Gasteiger partial charge on any atom is -0.494 e. The maximum atomic E-state index is 12.8. The van der Waals surface area contributed by atoms with Crippen molar-refractivity contribution in [2.24, 2.45) is 5.92 Å². The lowest BCUT2D eigenvalue weighted by molar-refractivity contribution is -0.122. The van der Waals surface area contributed by atoms with E-state index in [9.17, 15) is 14.4 Å². The van der Waals surface area contributed by atoms with Gasteiger partial charge in [0.1, 0.15) is 5.75 Å². The summed E-state index contributed by atoms with van der Waals surface area (Å²) in [5, 5.41) is 3.26. The molecule has 2 aliphatic rings. The lowest BCUT2D eigenvalue weighted by atomic mass is 10.1. The highest BCUT2D eigenvalue weighted by Gasteiger charge is 2.35. The summed E-state index contributed by atoms with van der Waals surface area (Å²) in [5.74, 6) is 0.00597. The van der Waals surface area contributed by atoms with E-state index in [1.807, 2.05) is 31.2 Å². The summed E-state index contributed by atoms with van der Waals surface area (Å²) in [6, 6.07) is 12.4. The van der Waals surface area contributed by atoms with Crippen molar-refractivity contribution in [2.75, 3.05) is 34.8 Å². The Balaban J connectivity index is 1.40. The summed E-state index contributed by atoms with van der Waals surface area (Å²) in [5.41, 5.74) is 1.93. The van der Waals surface area contributed by atoms with Crippen LogP contribution in [0.2, 0.25) is 5.02 Å². The standard InChI is InChI=1S/C23H24ClN3O4/c1-2-31-18-8-6-17(7-9-18)27-14-15(12-22(27)29)23(30)25-16-5-10-20(19(24)13-16)26-11-3-4-21(26)28/h5-10,13,15H,2-4,11-12,14H2,1H3,(H,25,30)/t15-/m1/s1. The van der Waals surface area contributed by atoms with E-state index in [-0.39, 0.29) is 24.1 Å². The van der Waals surface area contributed by atoms with E-state index < -0.39 is 5.92 Å². The van der Waals surface area contributed by atoms with Crippen LogP contribution in [0.4, 0.5) is 17.1 Å². The first-order chi connectivity index (χ1) is 15.0. The molecule has 2 aromatic rings. The summed E-state index contributed by atoms with van der Waals surface area (Å²) >= 11 is 6.36. The summed E-state index contributed by atoms with van der Waals surface area (Å²) in [6.07, 6.45) is 1.48. The Hall–Kier alpha value is -3.06. The third kappa shape index (κ3) is 4.51. The average Bonchev–Trinajstić information content (AvgIpc) is 3.35. The fraction of sp³-hybridized carbons (Fsp3) is 0.348. The number of carbonyl (C=O) groups is 3. The Bertz CT molecular complexity index is 1010. The molecule has 2 aromatic carbocycles. The molecule has 8 heteroatoms. The van der Waals surface area contributed by atoms with Crippen molar-refractivity contribution in [1.82, 2.24) is 0 Å². The van der Waals surface area contributed by atoms with Crippen molar-refractivity contribution < 1.29 is 19.1 Å². The van der Waals surface area contributed by atoms with Crippen molar-refractivity contribution >= 4 is 46.4 Å². The van der Waals surface area contributed by atoms with Crippen LogP contribution in [-0.2, 0) is 14.4 Å². The number of amides is 3. The molecule has 2 heterocycles. The number of hydrogen-bond donors (Lipinski definition) is 1. The largest absolute Gasteiger partial charge is 0.494 e. The second-order valence-corrected chi connectivity index (χ2v) is 8.04. The number of rotatable bonds is 6. The van der Waals surface area contributed by atoms with Crippen LogP contribution in [0.1, 0.15) is 26.2 Å². The molecular weight excluding hydrogens is 418 g/mol. The van der Waals surface area contributed by atoms with Crippen LogP contribution >= 0.6 is 11.6 Å². The van der Waals surface area contributed by atoms with Crippen LogP contribution in [0, 0.1) is 5.92 Å². The number of nitrogens with zero attached hydrogens (tertiary/aromatic N) is 2. The maximum Gasteiger partial charge on any atom is 0.229 e. The molecule has 31 heavy (non-hydrogen) atoms. The van der Waals surface area contributed by atoms with Crippen LogP contribution in [0.3, 0.4) is 0 Å². The summed E-state index contributed by atoms with van der Waals surface area (Å²) in [4.78, 5) is 40.5. The van der Waals surface area contributed by atoms with Crippen molar-refractivity contribution in [2.45, 2.75) is 26.2 Å². The third-order valence-electron chi connectivity index (χ3n) is 5.53. The monoisotopic (exact) mass is 441 g/mol. The lowest BCUT2D eigenvalue weighted by Crippen LogP contribution is -2.28. The van der Waals surface area contributed by atoms with E-state index in [4.69, 9.17) is 16.3 Å². The molecule has 2 fully saturated rings. The van der Waals surface area contributed by atoms with Gasteiger partial charge in [0.15, 0.2) is 0 Å². The number of hydrogen-bond acceptors (Lipinski definition) is 4. The van der Waals surface area contributed by atoms with Gasteiger partial charge in [0.25, 0.3) is 0 Å². The van der Waals surface area contributed by atoms with E-state index in [2.05, 4.69) is 5.32 Å². The molecule has 0 saturated carbocycles. The van der Waals surface area contributed by atoms with Gasteiger partial charge in [-0.2, -0.15) is 0 Å². The molecule has 0 bridgehead atoms. The number of nitrogens with one attached hydrogen (secondary N) is 1. The highest BCUT2D eigenvalue weighted by atomic mass is 35.5. The van der Waals surface area contributed by atoms with E-state index in [1.165, 1.54) is 0 Å². The van der Waals surface area contributed by atoms with Gasteiger partial charge in [-0.1, -0.05) is 11.6 Å². The predicted molar refractivity (Wildman–Crippen MR) is 120 cm³/mol. The second kappa shape index (κ2) is 8.98. The zero-order chi connectivity index (χ0) is 22.0. The normalized spacial score (nSPS) is 18.6. The highest BCUT2D eigenvalue weighted by Crippen LogP contribution is 2.32. The number of anilines is 3. The zero-order valence-corrected chi connectivity index (χ0v) is 18.0. The van der Waals surface area contributed by atoms with E-state index in [0.29, 0.717) is 42.5 Å². The van der Waals surface area contributed by atoms with E-state index in [0.717, 1.165) is 17.9 Å². The third-order valence-corrected chi connectivity index (χ3v) is 5.84. The van der Waals surface area contributed by atoms with Gasteiger partial charge >= 0.3 is 0 Å². The van der Waals surface area contributed by atoms with Crippen LogP contribution < -0.4 is 19.9 Å². The van der Waals surface area contributed by atoms with Gasteiger partial charge in [-0.3, -0.25) is 14.4 Å². The molecule has 0 aromatic heterocycles. The quantitative estimate of drug-likeness (QED) is 0.738. The lowest BCUT2D eigenvalue weighted by Gasteiger charge is -2.19. The predicted octanol–water partition coefficient (Wildman–Crippen LogP) is 3.86. The molecule has 4 rings (SSSR count). The molecule has 162 valence electrons. The average molecular weight is 442 g/mol. The summed E-state index contributed by atoms with van der Waals surface area (Å²) in [7, 11) is 0. The Labute approximate surface area is 185 Å². The Kier molecular flexibility index (Phi) is 6.13. The molecule has 1 N–H and O–H groups in total.